The second kappa shape index (κ2) is 11.2. The molecule has 15 heteroatoms. The lowest BCUT2D eigenvalue weighted by Crippen LogP contribution is -2.37. The van der Waals surface area contributed by atoms with Crippen LogP contribution in [0, 0.1) is 0 Å². The second-order valence-corrected chi connectivity index (χ2v) is 12.2. The molecule has 3 heterocycles. The Balaban J connectivity index is 1.32. The lowest BCUT2D eigenvalue weighted by molar-refractivity contribution is -0.142. The number of alkyl halides is 3. The minimum Gasteiger partial charge on any atom is -0.465 e. The second-order valence-electron chi connectivity index (χ2n) is 10.2. The van der Waals surface area contributed by atoms with Crippen LogP contribution in [0.3, 0.4) is 0 Å². The van der Waals surface area contributed by atoms with Gasteiger partial charge in [0, 0.05) is 49.4 Å². The normalized spacial score (nSPS) is 14.6. The third-order valence-corrected chi connectivity index (χ3v) is 9.41. The number of benzene rings is 3. The molecule has 2 aliphatic heterocycles. The molecular weight excluding hydrogens is 617 g/mol. The fourth-order valence-electron chi connectivity index (χ4n) is 5.27. The number of sulfonamides is 1. The molecule has 0 saturated heterocycles. The summed E-state index contributed by atoms with van der Waals surface area (Å²) in [6.07, 6.45) is -4.98. The number of hydrogen-bond acceptors (Lipinski definition) is 8. The van der Waals surface area contributed by atoms with Crippen molar-refractivity contribution in [2.24, 2.45) is 0 Å². The third-order valence-electron chi connectivity index (χ3n) is 7.57. The van der Waals surface area contributed by atoms with Crippen molar-refractivity contribution < 1.29 is 45.4 Å². The Hall–Kier alpha value is -4.89. The van der Waals surface area contributed by atoms with Gasteiger partial charge in [-0.05, 0) is 48.5 Å². The van der Waals surface area contributed by atoms with Crippen LogP contribution in [-0.4, -0.2) is 61.9 Å². The minimum atomic E-state index is -4.89. The zero-order valence-electron chi connectivity index (χ0n) is 23.9. The summed E-state index contributed by atoms with van der Waals surface area (Å²) >= 11 is 0. The van der Waals surface area contributed by atoms with Crippen LogP contribution in [0.4, 0.5) is 18.9 Å². The monoisotopic (exact) mass is 642 g/mol. The average molecular weight is 643 g/mol. The van der Waals surface area contributed by atoms with Gasteiger partial charge in [-0.3, -0.25) is 4.79 Å². The quantitative estimate of drug-likeness (QED) is 0.284. The van der Waals surface area contributed by atoms with Gasteiger partial charge in [0.25, 0.3) is 5.91 Å². The molecule has 6 rings (SSSR count). The standard InChI is InChI=1S/C30H25F3N4O7S/c1-35(20-9-10-25-26(15-20)44-17-43-25)28(38)18-5-3-7-21(13-18)37-24-11-12-36(16-23(24)27(34-37)30(31,32)33)45(40,41)22-8-4-6-19(14-22)29(39)42-2/h3-10,13-15H,11-12,16-17H2,1-2H3. The van der Waals surface area contributed by atoms with Crippen molar-refractivity contribution in [3.05, 3.63) is 94.8 Å². The van der Waals surface area contributed by atoms with Crippen LogP contribution in [0.5, 0.6) is 11.5 Å². The van der Waals surface area contributed by atoms with Crippen molar-refractivity contribution in [2.75, 3.05) is 32.4 Å². The van der Waals surface area contributed by atoms with Gasteiger partial charge in [0.1, 0.15) is 0 Å². The Morgan fingerprint density at radius 1 is 0.978 bits per heavy atom. The summed E-state index contributed by atoms with van der Waals surface area (Å²) in [5.41, 5.74) is -0.455. The van der Waals surface area contributed by atoms with Crippen LogP contribution in [-0.2, 0) is 33.9 Å². The highest BCUT2D eigenvalue weighted by atomic mass is 32.2. The number of aromatic nitrogens is 2. The smallest absolute Gasteiger partial charge is 0.435 e. The number of amides is 1. The maximum absolute atomic E-state index is 14.3. The number of nitrogens with zero attached hydrogens (tertiary/aromatic N) is 4. The number of halogens is 3. The Kier molecular flexibility index (Phi) is 7.53. The summed E-state index contributed by atoms with van der Waals surface area (Å²) in [5, 5.41) is 3.87. The van der Waals surface area contributed by atoms with Crippen molar-refractivity contribution in [3.63, 3.8) is 0 Å². The number of ether oxygens (including phenoxy) is 3. The van der Waals surface area contributed by atoms with E-state index in [9.17, 15) is 31.2 Å². The molecule has 1 aromatic heterocycles. The number of anilines is 1. The van der Waals surface area contributed by atoms with Crippen molar-refractivity contribution in [2.45, 2.75) is 24.0 Å². The molecule has 4 aromatic rings. The SMILES string of the molecule is COC(=O)c1cccc(S(=O)(=O)N2CCc3c(c(C(F)(F)F)nn3-c3cccc(C(=O)N(C)c4ccc5c(c4)OCO5)c3)C2)c1. The highest BCUT2D eigenvalue weighted by Gasteiger charge is 2.42. The highest BCUT2D eigenvalue weighted by Crippen LogP contribution is 2.38. The molecule has 11 nitrogen and oxygen atoms in total. The Morgan fingerprint density at radius 2 is 1.71 bits per heavy atom. The van der Waals surface area contributed by atoms with Gasteiger partial charge in [0.2, 0.25) is 16.8 Å². The van der Waals surface area contributed by atoms with Gasteiger partial charge in [-0.2, -0.15) is 22.6 Å². The van der Waals surface area contributed by atoms with Crippen LogP contribution >= 0.6 is 0 Å². The first-order chi connectivity index (χ1) is 21.4. The number of hydrogen-bond donors (Lipinski definition) is 0. The van der Waals surface area contributed by atoms with Crippen LogP contribution in [0.1, 0.15) is 37.7 Å². The molecule has 0 saturated carbocycles. The summed E-state index contributed by atoms with van der Waals surface area (Å²) in [4.78, 5) is 26.5. The first kappa shape index (κ1) is 30.1. The Morgan fingerprint density at radius 3 is 2.47 bits per heavy atom. The van der Waals surface area contributed by atoms with E-state index < -0.39 is 40.3 Å². The molecular formula is C30H25F3N4O7S. The molecule has 2 aliphatic rings. The maximum Gasteiger partial charge on any atom is 0.435 e. The third kappa shape index (κ3) is 5.48. The van der Waals surface area contributed by atoms with E-state index in [1.165, 1.54) is 47.4 Å². The van der Waals surface area contributed by atoms with Crippen LogP contribution in [0.15, 0.2) is 71.6 Å². The van der Waals surface area contributed by atoms with Crippen LogP contribution < -0.4 is 14.4 Å². The van der Waals surface area contributed by atoms with Gasteiger partial charge in [0.05, 0.1) is 29.0 Å². The molecule has 45 heavy (non-hydrogen) atoms. The summed E-state index contributed by atoms with van der Waals surface area (Å²) < 4.78 is 87.1. The average Bonchev–Trinajstić information content (AvgIpc) is 3.68. The zero-order valence-corrected chi connectivity index (χ0v) is 24.7. The number of carbonyl (C=O) groups is 2. The first-order valence-corrected chi connectivity index (χ1v) is 15.0. The summed E-state index contributed by atoms with van der Waals surface area (Å²) in [6, 6.07) is 16.1. The van der Waals surface area contributed by atoms with E-state index in [1.54, 1.807) is 25.2 Å². The molecule has 1 amide bonds. The van der Waals surface area contributed by atoms with Crippen molar-refractivity contribution in [1.82, 2.24) is 14.1 Å². The van der Waals surface area contributed by atoms with Gasteiger partial charge >= 0.3 is 12.1 Å². The molecule has 3 aromatic carbocycles. The fraction of sp³-hybridized carbons (Fsp3) is 0.233. The molecule has 0 atom stereocenters. The number of fused-ring (bicyclic) bond motifs is 2. The number of esters is 1. The predicted molar refractivity (Wildman–Crippen MR) is 153 cm³/mol. The lowest BCUT2D eigenvalue weighted by atomic mass is 10.1. The van der Waals surface area contributed by atoms with Gasteiger partial charge in [0.15, 0.2) is 17.2 Å². The molecule has 0 fully saturated rings. The van der Waals surface area contributed by atoms with Gasteiger partial charge < -0.3 is 19.1 Å². The van der Waals surface area contributed by atoms with Crippen molar-refractivity contribution >= 4 is 27.6 Å². The van der Waals surface area contributed by atoms with Crippen LogP contribution in [0.2, 0.25) is 0 Å². The van der Waals surface area contributed by atoms with E-state index in [0.29, 0.717) is 17.2 Å². The van der Waals surface area contributed by atoms with E-state index in [0.717, 1.165) is 22.2 Å². The molecule has 0 bridgehead atoms. The van der Waals surface area contributed by atoms with E-state index >= 15 is 0 Å². The number of methoxy groups -OCH3 is 1. The van der Waals surface area contributed by atoms with E-state index in [1.807, 2.05) is 0 Å². The van der Waals surface area contributed by atoms with Crippen molar-refractivity contribution in [3.8, 4) is 17.2 Å². The largest absolute Gasteiger partial charge is 0.465 e. The summed E-state index contributed by atoms with van der Waals surface area (Å²) in [5.74, 6) is -0.154. The lowest BCUT2D eigenvalue weighted by Gasteiger charge is -2.27. The van der Waals surface area contributed by atoms with E-state index in [-0.39, 0.29) is 52.7 Å². The Bertz CT molecular complexity index is 1940. The van der Waals surface area contributed by atoms with Gasteiger partial charge in [-0.25, -0.2) is 17.9 Å². The maximum atomic E-state index is 14.3. The van der Waals surface area contributed by atoms with Crippen LogP contribution in [0.25, 0.3) is 5.69 Å². The fourth-order valence-corrected chi connectivity index (χ4v) is 6.72. The molecule has 0 spiro atoms. The molecule has 234 valence electrons. The molecule has 0 N–H and O–H groups in total. The molecule has 0 radical (unpaired) electrons. The highest BCUT2D eigenvalue weighted by molar-refractivity contribution is 7.89. The van der Waals surface area contributed by atoms with Gasteiger partial charge in [-0.1, -0.05) is 12.1 Å². The summed E-state index contributed by atoms with van der Waals surface area (Å²) in [6.45, 7) is -0.675. The van der Waals surface area contributed by atoms with Crippen molar-refractivity contribution in [1.29, 1.82) is 0 Å². The van der Waals surface area contributed by atoms with Gasteiger partial charge in [-0.15, -0.1) is 0 Å². The molecule has 0 unspecified atom stereocenters. The first-order valence-electron chi connectivity index (χ1n) is 13.5. The van der Waals surface area contributed by atoms with E-state index in [2.05, 4.69) is 9.84 Å². The zero-order chi connectivity index (χ0) is 32.1. The predicted octanol–water partition coefficient (Wildman–Crippen LogP) is 4.43. The number of rotatable bonds is 6. The molecule has 0 aliphatic carbocycles. The topological polar surface area (TPSA) is 120 Å². The Labute approximate surface area is 255 Å². The van der Waals surface area contributed by atoms with E-state index in [4.69, 9.17) is 9.47 Å². The summed E-state index contributed by atoms with van der Waals surface area (Å²) in [7, 11) is -1.59. The number of carbonyl (C=O) groups excluding carboxylic acids is 2. The minimum absolute atomic E-state index is 0.0151.